The molecule has 0 aliphatic carbocycles. The van der Waals surface area contributed by atoms with E-state index in [9.17, 15) is 0 Å². The molecule has 0 saturated carbocycles. The zero-order valence-electron chi connectivity index (χ0n) is 21.0. The van der Waals surface area contributed by atoms with E-state index in [4.69, 9.17) is 4.74 Å². The summed E-state index contributed by atoms with van der Waals surface area (Å²) < 4.78 is 11.4. The maximum absolute atomic E-state index is 6.75. The van der Waals surface area contributed by atoms with Gasteiger partial charge in [-0.1, -0.05) is 60.7 Å². The van der Waals surface area contributed by atoms with Crippen LogP contribution < -0.4 is 9.30 Å². The highest BCUT2D eigenvalue weighted by Crippen LogP contribution is 2.51. The molecule has 0 bridgehead atoms. The molecule has 176 valence electrons. The summed E-state index contributed by atoms with van der Waals surface area (Å²) >= 11 is 0. The Morgan fingerprint density at radius 1 is 0.622 bits per heavy atom. The van der Waals surface area contributed by atoms with Crippen LogP contribution in [0, 0.1) is 13.8 Å². The lowest BCUT2D eigenvalue weighted by molar-refractivity contribution is -0.659. The van der Waals surface area contributed by atoms with E-state index in [0.717, 1.165) is 16.9 Å². The number of aryl methyl sites for hydroxylation is 3. The summed E-state index contributed by atoms with van der Waals surface area (Å²) in [5.41, 5.74) is 8.43. The molecule has 37 heavy (non-hydrogen) atoms. The van der Waals surface area contributed by atoms with E-state index >= 15 is 0 Å². The quantitative estimate of drug-likeness (QED) is 0.217. The van der Waals surface area contributed by atoms with Crippen LogP contribution in [-0.2, 0) is 7.05 Å². The lowest BCUT2D eigenvalue weighted by atomic mass is 9.89. The van der Waals surface area contributed by atoms with Crippen LogP contribution >= 0.6 is 0 Å². The molecule has 7 aromatic rings. The van der Waals surface area contributed by atoms with E-state index in [-0.39, 0.29) is 0 Å². The van der Waals surface area contributed by atoms with E-state index < -0.39 is 0 Å². The summed E-state index contributed by atoms with van der Waals surface area (Å²) in [5, 5.41) is 7.41. The van der Waals surface area contributed by atoms with Crippen molar-refractivity contribution in [3.05, 3.63) is 108 Å². The first kappa shape index (κ1) is 20.6. The maximum Gasteiger partial charge on any atom is 0.228 e. The van der Waals surface area contributed by atoms with Gasteiger partial charge in [0.05, 0.1) is 27.7 Å². The lowest BCUT2D eigenvalue weighted by Crippen LogP contribution is -2.32. The molecule has 3 nitrogen and oxygen atoms in total. The molecule has 1 aliphatic heterocycles. The topological polar surface area (TPSA) is 18.0 Å². The molecule has 5 aromatic carbocycles. The highest BCUT2D eigenvalue weighted by molar-refractivity contribution is 6.13. The van der Waals surface area contributed by atoms with E-state index in [1.807, 2.05) is 0 Å². The minimum Gasteiger partial charge on any atom is -0.455 e. The fourth-order valence-corrected chi connectivity index (χ4v) is 6.48. The van der Waals surface area contributed by atoms with Gasteiger partial charge in [0.25, 0.3) is 0 Å². The first-order valence-electron chi connectivity index (χ1n) is 12.8. The number of para-hydroxylation sites is 2. The van der Waals surface area contributed by atoms with Gasteiger partial charge in [0, 0.05) is 27.8 Å². The van der Waals surface area contributed by atoms with Crippen molar-refractivity contribution >= 4 is 43.4 Å². The SMILES string of the molecule is Cc1c2c(c(C)c3ccccc13)-c1c3c(ccc(-n4c5ccccc5c5ccccc54)c3cc[n+]1C)O2. The largest absolute Gasteiger partial charge is 0.455 e. The van der Waals surface area contributed by atoms with Crippen molar-refractivity contribution in [3.8, 4) is 28.4 Å². The third kappa shape index (κ3) is 2.58. The average Bonchev–Trinajstić information content (AvgIpc) is 3.27. The predicted octanol–water partition coefficient (Wildman–Crippen LogP) is 8.30. The smallest absolute Gasteiger partial charge is 0.228 e. The Bertz CT molecular complexity index is 2040. The predicted molar refractivity (Wildman–Crippen MR) is 152 cm³/mol. The molecular weight excluding hydrogens is 452 g/mol. The molecule has 8 rings (SSSR count). The van der Waals surface area contributed by atoms with Crippen LogP contribution in [0.15, 0.2) is 97.2 Å². The molecule has 0 spiro atoms. The van der Waals surface area contributed by atoms with Crippen LogP contribution in [0.1, 0.15) is 11.1 Å². The van der Waals surface area contributed by atoms with Crippen molar-refractivity contribution in [2.75, 3.05) is 0 Å². The van der Waals surface area contributed by atoms with Crippen molar-refractivity contribution in [3.63, 3.8) is 0 Å². The Morgan fingerprint density at radius 3 is 1.89 bits per heavy atom. The number of pyridine rings is 1. The maximum atomic E-state index is 6.75. The zero-order chi connectivity index (χ0) is 24.8. The van der Waals surface area contributed by atoms with Gasteiger partial charge in [-0.25, -0.2) is 4.57 Å². The number of fused-ring (bicyclic) bond motifs is 6. The summed E-state index contributed by atoms with van der Waals surface area (Å²) in [7, 11) is 2.14. The highest BCUT2D eigenvalue weighted by atomic mass is 16.5. The standard InChI is InChI=1S/C34H25N2O/c1-20-22-10-4-5-11-23(22)21(2)34-31(20)33-32-26(18-19-35(33)3)29(16-17-30(32)37-34)36-27-14-8-6-12-24(27)25-13-7-9-15-28(25)36/h4-19H,1-3H3/q+1. The normalized spacial score (nSPS) is 12.4. The Labute approximate surface area is 214 Å². The molecule has 3 heterocycles. The summed E-state index contributed by atoms with van der Waals surface area (Å²) in [6.07, 6.45) is 2.19. The van der Waals surface area contributed by atoms with Crippen molar-refractivity contribution < 1.29 is 9.30 Å². The number of benzene rings is 5. The first-order valence-corrected chi connectivity index (χ1v) is 12.8. The van der Waals surface area contributed by atoms with E-state index in [1.165, 1.54) is 66.0 Å². The summed E-state index contributed by atoms with van der Waals surface area (Å²) in [4.78, 5) is 0. The van der Waals surface area contributed by atoms with E-state index in [0.29, 0.717) is 0 Å². The van der Waals surface area contributed by atoms with Crippen molar-refractivity contribution in [2.24, 2.45) is 7.05 Å². The number of hydrogen-bond donors (Lipinski definition) is 0. The number of nitrogens with zero attached hydrogens (tertiary/aromatic N) is 2. The fraction of sp³-hybridized carbons (Fsp3) is 0.0882. The van der Waals surface area contributed by atoms with Crippen LogP contribution in [0.2, 0.25) is 0 Å². The van der Waals surface area contributed by atoms with Gasteiger partial charge in [-0.3, -0.25) is 0 Å². The van der Waals surface area contributed by atoms with Gasteiger partial charge < -0.3 is 9.30 Å². The molecule has 0 atom stereocenters. The molecule has 1 aliphatic rings. The third-order valence-corrected chi connectivity index (χ3v) is 8.19. The summed E-state index contributed by atoms with van der Waals surface area (Å²) in [5.74, 6) is 1.88. The second-order valence-electron chi connectivity index (χ2n) is 10.1. The third-order valence-electron chi connectivity index (χ3n) is 8.19. The monoisotopic (exact) mass is 477 g/mol. The minimum atomic E-state index is 0.913. The second kappa shape index (κ2) is 7.21. The van der Waals surface area contributed by atoms with Gasteiger partial charge in [-0.15, -0.1) is 0 Å². The van der Waals surface area contributed by atoms with Crippen LogP contribution in [0.25, 0.3) is 60.3 Å². The molecular formula is C34H25N2O+. The van der Waals surface area contributed by atoms with E-state index in [1.54, 1.807) is 0 Å². The average molecular weight is 478 g/mol. The highest BCUT2D eigenvalue weighted by Gasteiger charge is 2.32. The second-order valence-corrected chi connectivity index (χ2v) is 10.1. The summed E-state index contributed by atoms with van der Waals surface area (Å²) in [6, 6.07) is 32.6. The molecule has 0 N–H and O–H groups in total. The molecule has 0 radical (unpaired) electrons. The van der Waals surface area contributed by atoms with Crippen molar-refractivity contribution in [1.82, 2.24) is 4.57 Å². The Hall–Kier alpha value is -4.63. The minimum absolute atomic E-state index is 0.913. The van der Waals surface area contributed by atoms with Crippen LogP contribution in [0.3, 0.4) is 0 Å². The number of hydrogen-bond acceptors (Lipinski definition) is 1. The van der Waals surface area contributed by atoms with Gasteiger partial charge in [0.2, 0.25) is 5.69 Å². The lowest BCUT2D eigenvalue weighted by Gasteiger charge is -2.25. The van der Waals surface area contributed by atoms with Crippen molar-refractivity contribution in [2.45, 2.75) is 13.8 Å². The number of ether oxygens (including phenoxy) is 1. The van der Waals surface area contributed by atoms with Gasteiger partial charge in [-0.05, 0) is 54.4 Å². The van der Waals surface area contributed by atoms with Gasteiger partial charge >= 0.3 is 0 Å². The van der Waals surface area contributed by atoms with Gasteiger partial charge in [0.15, 0.2) is 6.20 Å². The Balaban J connectivity index is 1.53. The molecule has 0 fully saturated rings. The van der Waals surface area contributed by atoms with Crippen LogP contribution in [0.4, 0.5) is 0 Å². The molecule has 0 saturated heterocycles. The zero-order valence-corrected chi connectivity index (χ0v) is 21.0. The van der Waals surface area contributed by atoms with E-state index in [2.05, 4.69) is 127 Å². The number of aromatic nitrogens is 2. The Kier molecular flexibility index (Phi) is 4.00. The molecule has 3 heteroatoms. The fourth-order valence-electron chi connectivity index (χ4n) is 6.48. The van der Waals surface area contributed by atoms with Gasteiger partial charge in [-0.2, -0.15) is 0 Å². The first-order chi connectivity index (χ1) is 18.1. The van der Waals surface area contributed by atoms with Crippen LogP contribution in [0.5, 0.6) is 11.5 Å². The molecule has 0 amide bonds. The van der Waals surface area contributed by atoms with Gasteiger partial charge in [0.1, 0.15) is 18.5 Å². The van der Waals surface area contributed by atoms with Crippen molar-refractivity contribution in [1.29, 1.82) is 0 Å². The molecule has 0 unspecified atom stereocenters. The molecule has 2 aromatic heterocycles. The number of rotatable bonds is 1. The van der Waals surface area contributed by atoms with Crippen LogP contribution in [-0.4, -0.2) is 4.57 Å². The summed E-state index contributed by atoms with van der Waals surface area (Å²) in [6.45, 7) is 4.41. The Morgan fingerprint density at radius 2 is 1.22 bits per heavy atom.